The number of halogens is 2. The molecule has 1 unspecified atom stereocenters. The molecule has 0 aliphatic carbocycles. The maximum Gasteiger partial charge on any atom is 0.302 e. The van der Waals surface area contributed by atoms with Crippen molar-refractivity contribution in [3.63, 3.8) is 0 Å². The summed E-state index contributed by atoms with van der Waals surface area (Å²) in [5.74, 6) is -1.68. The number of carbonyl (C=O) groups is 2. The Morgan fingerprint density at radius 3 is 2.58 bits per heavy atom. The summed E-state index contributed by atoms with van der Waals surface area (Å²) in [5, 5.41) is 13.4. The molecule has 0 radical (unpaired) electrons. The van der Waals surface area contributed by atoms with Gasteiger partial charge < -0.3 is 10.1 Å². The second-order valence-corrected chi connectivity index (χ2v) is 8.68. The number of nitrogens with zero attached hydrogens (tertiary/aromatic N) is 2. The van der Waals surface area contributed by atoms with Gasteiger partial charge in [-0.15, -0.1) is 11.3 Å². The number of aliphatic hydroxyl groups is 1. The van der Waals surface area contributed by atoms with Crippen molar-refractivity contribution >= 4 is 69.0 Å². The first-order valence-corrected chi connectivity index (χ1v) is 10.8. The molecule has 2 aromatic carbocycles. The number of hydrogen-bond acceptors (Lipinski definition) is 5. The zero-order valence-electron chi connectivity index (χ0n) is 15.7. The number of H-pyrrole nitrogens is 1. The monoisotopic (exact) mass is 469 g/mol. The van der Waals surface area contributed by atoms with Gasteiger partial charge in [0.1, 0.15) is 11.8 Å². The van der Waals surface area contributed by atoms with Crippen LogP contribution in [0, 0.1) is 0 Å². The van der Waals surface area contributed by atoms with Gasteiger partial charge in [0.15, 0.2) is 0 Å². The number of hydrogen-bond donors (Lipinski definition) is 2. The van der Waals surface area contributed by atoms with Gasteiger partial charge in [0.25, 0.3) is 5.78 Å². The summed E-state index contributed by atoms with van der Waals surface area (Å²) in [6.45, 7) is 0. The van der Waals surface area contributed by atoms with Crippen LogP contribution in [0.2, 0.25) is 10.0 Å². The topological polar surface area (TPSA) is 86.3 Å². The Labute approximate surface area is 190 Å². The molecule has 1 fully saturated rings. The number of benzene rings is 2. The zero-order valence-corrected chi connectivity index (χ0v) is 18.0. The van der Waals surface area contributed by atoms with Gasteiger partial charge in [-0.3, -0.25) is 14.5 Å². The summed E-state index contributed by atoms with van der Waals surface area (Å²) in [6.07, 6.45) is 0. The summed E-state index contributed by atoms with van der Waals surface area (Å²) < 4.78 is 0. The lowest BCUT2D eigenvalue weighted by molar-refractivity contribution is -0.132. The van der Waals surface area contributed by atoms with Gasteiger partial charge in [-0.1, -0.05) is 41.4 Å². The molecule has 1 aliphatic rings. The average molecular weight is 470 g/mol. The summed E-state index contributed by atoms with van der Waals surface area (Å²) in [7, 11) is 0. The van der Waals surface area contributed by atoms with E-state index in [-0.39, 0.29) is 22.3 Å². The maximum absolute atomic E-state index is 13.1. The predicted octanol–water partition coefficient (Wildman–Crippen LogP) is 5.56. The van der Waals surface area contributed by atoms with E-state index in [4.69, 9.17) is 23.2 Å². The van der Waals surface area contributed by atoms with Crippen molar-refractivity contribution in [2.75, 3.05) is 4.90 Å². The molecule has 6 nitrogen and oxygen atoms in total. The molecule has 3 heterocycles. The molecule has 0 spiro atoms. The molecule has 2 N–H and O–H groups in total. The highest BCUT2D eigenvalue weighted by Crippen LogP contribution is 2.43. The molecule has 5 rings (SSSR count). The average Bonchev–Trinajstić information content (AvgIpc) is 3.48. The summed E-state index contributed by atoms with van der Waals surface area (Å²) in [4.78, 5) is 35.7. The first-order valence-electron chi connectivity index (χ1n) is 9.20. The van der Waals surface area contributed by atoms with Gasteiger partial charge in [0.05, 0.1) is 26.7 Å². The van der Waals surface area contributed by atoms with Gasteiger partial charge in [-0.2, -0.15) is 0 Å². The van der Waals surface area contributed by atoms with Crippen molar-refractivity contribution < 1.29 is 14.7 Å². The van der Waals surface area contributed by atoms with Crippen LogP contribution in [-0.2, 0) is 9.59 Å². The van der Waals surface area contributed by atoms with Crippen molar-refractivity contribution in [1.29, 1.82) is 0 Å². The van der Waals surface area contributed by atoms with Crippen molar-refractivity contribution in [2.24, 2.45) is 0 Å². The van der Waals surface area contributed by atoms with Gasteiger partial charge >= 0.3 is 5.91 Å². The van der Waals surface area contributed by atoms with E-state index in [1.54, 1.807) is 12.1 Å². The molecule has 4 aromatic rings. The van der Waals surface area contributed by atoms with Gasteiger partial charge in [0, 0.05) is 10.4 Å². The lowest BCUT2D eigenvalue weighted by Gasteiger charge is -2.21. The number of carbonyl (C=O) groups excluding carboxylic acids is 2. The molecule has 1 aliphatic heterocycles. The molecule has 1 atom stereocenters. The lowest BCUT2D eigenvalue weighted by atomic mass is 10.00. The molecule has 154 valence electrons. The highest BCUT2D eigenvalue weighted by Gasteiger charge is 2.48. The van der Waals surface area contributed by atoms with Crippen molar-refractivity contribution in [2.45, 2.75) is 6.04 Å². The fraction of sp³-hybridized carbons (Fsp3) is 0.0455. The number of aliphatic hydroxyl groups excluding tert-OH is 1. The second-order valence-electron chi connectivity index (χ2n) is 6.89. The second kappa shape index (κ2) is 7.53. The van der Waals surface area contributed by atoms with Gasteiger partial charge in [0.2, 0.25) is 5.95 Å². The van der Waals surface area contributed by atoms with E-state index in [2.05, 4.69) is 9.97 Å². The highest BCUT2D eigenvalue weighted by atomic mass is 35.5. The van der Waals surface area contributed by atoms with E-state index in [0.29, 0.717) is 21.0 Å². The third-order valence-electron chi connectivity index (χ3n) is 5.06. The van der Waals surface area contributed by atoms with Gasteiger partial charge in [-0.05, 0) is 41.8 Å². The number of ketones is 1. The van der Waals surface area contributed by atoms with E-state index >= 15 is 0 Å². The standard InChI is InChI=1S/C22H13Cl2N3O3S/c23-12-8-7-11(10-13(12)24)19(28)17-18(16-6-3-9-31-16)27(21(30)20(17)29)22-25-14-4-1-2-5-15(14)26-22/h1-10,18,28H,(H,25,26)/b19-17+. The van der Waals surface area contributed by atoms with Crippen LogP contribution >= 0.6 is 34.5 Å². The quantitative estimate of drug-likeness (QED) is 0.233. The Balaban J connectivity index is 1.72. The molecular weight excluding hydrogens is 457 g/mol. The Morgan fingerprint density at radius 1 is 1.06 bits per heavy atom. The Hall–Kier alpha value is -3.13. The van der Waals surface area contributed by atoms with Crippen molar-refractivity contribution in [3.05, 3.63) is 86.0 Å². The SMILES string of the molecule is O=C1C(=O)N(c2nc3ccccc3[nH]2)C(c2cccs2)/C1=C(\O)c1ccc(Cl)c(Cl)c1. The minimum Gasteiger partial charge on any atom is -0.507 e. The number of para-hydroxylation sites is 2. The minimum atomic E-state index is -0.838. The Bertz CT molecular complexity index is 1340. The normalized spacial score (nSPS) is 18.3. The van der Waals surface area contributed by atoms with E-state index in [0.717, 1.165) is 5.52 Å². The van der Waals surface area contributed by atoms with Crippen LogP contribution in [0.4, 0.5) is 5.95 Å². The van der Waals surface area contributed by atoms with Crippen LogP contribution in [0.3, 0.4) is 0 Å². The largest absolute Gasteiger partial charge is 0.507 e. The number of nitrogens with one attached hydrogen (secondary N) is 1. The first kappa shape index (κ1) is 19.8. The maximum atomic E-state index is 13.1. The van der Waals surface area contributed by atoms with Crippen LogP contribution in [0.1, 0.15) is 16.5 Å². The number of thiophene rings is 1. The number of fused-ring (bicyclic) bond motifs is 1. The molecule has 1 amide bonds. The number of Topliss-reactive ketones (excluding diaryl/α,β-unsaturated/α-hetero) is 1. The first-order chi connectivity index (χ1) is 15.0. The summed E-state index contributed by atoms with van der Waals surface area (Å²) in [5.41, 5.74) is 1.65. The third-order valence-corrected chi connectivity index (χ3v) is 6.72. The predicted molar refractivity (Wildman–Crippen MR) is 122 cm³/mol. The molecule has 0 saturated carbocycles. The Morgan fingerprint density at radius 2 is 1.87 bits per heavy atom. The molecular formula is C22H13Cl2N3O3S. The van der Waals surface area contributed by atoms with Crippen molar-refractivity contribution in [3.8, 4) is 0 Å². The van der Waals surface area contributed by atoms with Crippen LogP contribution < -0.4 is 4.90 Å². The van der Waals surface area contributed by atoms with E-state index in [9.17, 15) is 14.7 Å². The van der Waals surface area contributed by atoms with Crippen molar-refractivity contribution in [1.82, 2.24) is 9.97 Å². The number of amides is 1. The fourth-order valence-corrected chi connectivity index (χ4v) is 4.74. The fourth-order valence-electron chi connectivity index (χ4n) is 3.62. The summed E-state index contributed by atoms with van der Waals surface area (Å²) in [6, 6.07) is 14.6. The van der Waals surface area contributed by atoms with Crippen LogP contribution in [0.15, 0.2) is 65.6 Å². The van der Waals surface area contributed by atoms with Crippen LogP contribution in [-0.4, -0.2) is 26.8 Å². The number of anilines is 1. The van der Waals surface area contributed by atoms with E-state index in [1.165, 1.54) is 28.4 Å². The molecule has 31 heavy (non-hydrogen) atoms. The number of imidazole rings is 1. The van der Waals surface area contributed by atoms with Gasteiger partial charge in [-0.25, -0.2) is 4.98 Å². The molecule has 0 bridgehead atoms. The molecule has 2 aromatic heterocycles. The number of rotatable bonds is 3. The van der Waals surface area contributed by atoms with E-state index < -0.39 is 17.7 Å². The minimum absolute atomic E-state index is 0.0358. The summed E-state index contributed by atoms with van der Waals surface area (Å²) >= 11 is 13.4. The molecule has 1 saturated heterocycles. The lowest BCUT2D eigenvalue weighted by Crippen LogP contribution is -2.30. The van der Waals surface area contributed by atoms with E-state index in [1.807, 2.05) is 35.7 Å². The zero-order chi connectivity index (χ0) is 21.7. The van der Waals surface area contributed by atoms with Crippen LogP contribution in [0.5, 0.6) is 0 Å². The number of aromatic nitrogens is 2. The third kappa shape index (κ3) is 3.22. The smallest absolute Gasteiger partial charge is 0.302 e. The highest BCUT2D eigenvalue weighted by molar-refractivity contribution is 7.10. The number of aromatic amines is 1. The molecule has 9 heteroatoms. The Kier molecular flexibility index (Phi) is 4.81. The van der Waals surface area contributed by atoms with Crippen LogP contribution in [0.25, 0.3) is 16.8 Å².